The van der Waals surface area contributed by atoms with E-state index in [2.05, 4.69) is 10.1 Å². The number of rotatable bonds is 7. The van der Waals surface area contributed by atoms with Crippen LogP contribution in [0.2, 0.25) is 0 Å². The minimum absolute atomic E-state index is 0.0524. The molecule has 0 fully saturated rings. The summed E-state index contributed by atoms with van der Waals surface area (Å²) in [5.74, 6) is 0.906. The second-order valence-electron chi connectivity index (χ2n) is 3.50. The van der Waals surface area contributed by atoms with Crippen molar-refractivity contribution in [2.45, 2.75) is 32.2 Å². The van der Waals surface area contributed by atoms with Gasteiger partial charge in [0.25, 0.3) is 6.43 Å². The molecule has 2 N–H and O–H groups in total. The fourth-order valence-electron chi connectivity index (χ4n) is 1.09. The molecule has 5 nitrogen and oxygen atoms in total. The van der Waals surface area contributed by atoms with E-state index in [-0.39, 0.29) is 12.6 Å². The van der Waals surface area contributed by atoms with Gasteiger partial charge in [-0.2, -0.15) is 4.98 Å². The summed E-state index contributed by atoms with van der Waals surface area (Å²) in [4.78, 5) is 4.04. The van der Waals surface area contributed by atoms with Crippen molar-refractivity contribution in [3.8, 4) is 0 Å². The van der Waals surface area contributed by atoms with Gasteiger partial charge in [-0.25, -0.2) is 8.78 Å². The van der Waals surface area contributed by atoms with Crippen LogP contribution in [0.4, 0.5) is 8.78 Å². The van der Waals surface area contributed by atoms with Gasteiger partial charge >= 0.3 is 0 Å². The molecule has 0 aliphatic rings. The summed E-state index contributed by atoms with van der Waals surface area (Å²) in [7, 11) is 0. The van der Waals surface area contributed by atoms with E-state index < -0.39 is 13.0 Å². The molecule has 7 heteroatoms. The first-order valence-corrected chi connectivity index (χ1v) is 5.01. The lowest BCUT2D eigenvalue weighted by atomic mass is 10.2. The molecule has 1 unspecified atom stereocenters. The van der Waals surface area contributed by atoms with Gasteiger partial charge < -0.3 is 15.0 Å². The highest BCUT2D eigenvalue weighted by molar-refractivity contribution is 4.88. The molecule has 0 spiro atoms. The summed E-state index contributed by atoms with van der Waals surface area (Å²) >= 11 is 0. The third kappa shape index (κ3) is 5.13. The number of ether oxygens (including phenoxy) is 1. The fraction of sp³-hybridized carbons (Fsp3) is 0.778. The quantitative estimate of drug-likeness (QED) is 0.707. The average molecular weight is 235 g/mol. The molecular formula is C9H15F2N3O2. The molecule has 1 heterocycles. The first kappa shape index (κ1) is 13.0. The Morgan fingerprint density at radius 1 is 1.50 bits per heavy atom. The maximum Gasteiger partial charge on any atom is 0.261 e. The molecule has 0 bridgehead atoms. The smallest absolute Gasteiger partial charge is 0.261 e. The molecule has 0 aliphatic carbocycles. The van der Waals surface area contributed by atoms with Gasteiger partial charge in [0.1, 0.15) is 6.61 Å². The predicted octanol–water partition coefficient (Wildman–Crippen LogP) is 0.783. The molecular weight excluding hydrogens is 220 g/mol. The van der Waals surface area contributed by atoms with E-state index >= 15 is 0 Å². The van der Waals surface area contributed by atoms with Crippen LogP contribution in [0.15, 0.2) is 4.52 Å². The third-order valence-corrected chi connectivity index (χ3v) is 1.72. The van der Waals surface area contributed by atoms with Crippen molar-refractivity contribution in [2.75, 3.05) is 13.2 Å². The zero-order chi connectivity index (χ0) is 12.0. The largest absolute Gasteiger partial charge is 0.375 e. The van der Waals surface area contributed by atoms with E-state index in [1.54, 1.807) is 0 Å². The minimum atomic E-state index is -2.45. The zero-order valence-corrected chi connectivity index (χ0v) is 9.03. The normalized spacial score (nSPS) is 13.3. The van der Waals surface area contributed by atoms with Crippen molar-refractivity contribution in [3.05, 3.63) is 11.7 Å². The van der Waals surface area contributed by atoms with Gasteiger partial charge in [0.2, 0.25) is 5.89 Å². The molecule has 0 amide bonds. The number of alkyl halides is 2. The zero-order valence-electron chi connectivity index (χ0n) is 9.03. The maximum atomic E-state index is 11.7. The molecule has 92 valence electrons. The Labute approximate surface area is 92.0 Å². The third-order valence-electron chi connectivity index (χ3n) is 1.72. The van der Waals surface area contributed by atoms with Gasteiger partial charge in [-0.3, -0.25) is 0 Å². The second-order valence-corrected chi connectivity index (χ2v) is 3.50. The number of aromatic nitrogens is 2. The topological polar surface area (TPSA) is 74.2 Å². The number of hydrogen-bond acceptors (Lipinski definition) is 5. The molecule has 1 aromatic heterocycles. The van der Waals surface area contributed by atoms with Crippen molar-refractivity contribution < 1.29 is 18.0 Å². The van der Waals surface area contributed by atoms with E-state index in [0.29, 0.717) is 24.6 Å². The van der Waals surface area contributed by atoms with E-state index in [0.717, 1.165) is 0 Å². The lowest BCUT2D eigenvalue weighted by Crippen LogP contribution is -2.17. The molecule has 0 radical (unpaired) electrons. The maximum absolute atomic E-state index is 11.7. The van der Waals surface area contributed by atoms with Crippen molar-refractivity contribution in [3.63, 3.8) is 0 Å². The van der Waals surface area contributed by atoms with Crippen molar-refractivity contribution in [1.82, 2.24) is 10.1 Å². The van der Waals surface area contributed by atoms with Gasteiger partial charge in [-0.15, -0.1) is 0 Å². The Kier molecular flexibility index (Phi) is 5.27. The number of halogens is 2. The summed E-state index contributed by atoms with van der Waals surface area (Å²) in [5.41, 5.74) is 5.55. The predicted molar refractivity (Wildman–Crippen MR) is 52.2 cm³/mol. The van der Waals surface area contributed by atoms with Crippen molar-refractivity contribution >= 4 is 0 Å². The molecule has 1 atom stereocenters. The molecule has 16 heavy (non-hydrogen) atoms. The lowest BCUT2D eigenvalue weighted by Gasteiger charge is -1.99. The molecule has 0 saturated carbocycles. The number of nitrogens with zero attached hydrogens (tertiary/aromatic N) is 2. The van der Waals surface area contributed by atoms with Gasteiger partial charge in [0.15, 0.2) is 5.82 Å². The van der Waals surface area contributed by atoms with Crippen LogP contribution in [0, 0.1) is 0 Å². The highest BCUT2D eigenvalue weighted by Crippen LogP contribution is 2.01. The van der Waals surface area contributed by atoms with Crippen LogP contribution in [-0.4, -0.2) is 35.8 Å². The Balaban J connectivity index is 2.24. The van der Waals surface area contributed by atoms with Crippen LogP contribution in [0.25, 0.3) is 0 Å². The summed E-state index contributed by atoms with van der Waals surface area (Å²) in [6, 6.07) is -0.0524. The van der Waals surface area contributed by atoms with E-state index in [4.69, 9.17) is 15.0 Å². The Morgan fingerprint density at radius 2 is 2.25 bits per heavy atom. The monoisotopic (exact) mass is 235 g/mol. The van der Waals surface area contributed by atoms with E-state index in [9.17, 15) is 8.78 Å². The highest BCUT2D eigenvalue weighted by Gasteiger charge is 2.08. The van der Waals surface area contributed by atoms with E-state index in [1.807, 2.05) is 6.92 Å². The molecule has 0 aliphatic heterocycles. The summed E-state index contributed by atoms with van der Waals surface area (Å²) < 4.78 is 33.0. The first-order valence-electron chi connectivity index (χ1n) is 5.01. The second kappa shape index (κ2) is 6.49. The lowest BCUT2D eigenvalue weighted by molar-refractivity contribution is 0.0182. The van der Waals surface area contributed by atoms with Crippen LogP contribution in [0.3, 0.4) is 0 Å². The van der Waals surface area contributed by atoms with Crippen LogP contribution in [-0.2, 0) is 17.6 Å². The number of hydrogen-bond donors (Lipinski definition) is 1. The van der Waals surface area contributed by atoms with Gasteiger partial charge in [-0.05, 0) is 6.92 Å². The Morgan fingerprint density at radius 3 is 2.88 bits per heavy atom. The van der Waals surface area contributed by atoms with Crippen LogP contribution >= 0.6 is 0 Å². The summed E-state index contributed by atoms with van der Waals surface area (Å²) in [6.45, 7) is 1.42. The average Bonchev–Trinajstić information content (AvgIpc) is 2.59. The summed E-state index contributed by atoms with van der Waals surface area (Å²) in [5, 5.41) is 3.68. The van der Waals surface area contributed by atoms with Gasteiger partial charge in [-0.1, -0.05) is 5.16 Å². The Hall–Kier alpha value is -1.08. The minimum Gasteiger partial charge on any atom is -0.375 e. The Bertz CT molecular complexity index is 305. The van der Waals surface area contributed by atoms with Crippen molar-refractivity contribution in [2.24, 2.45) is 5.73 Å². The molecule has 0 aromatic carbocycles. The fourth-order valence-corrected chi connectivity index (χ4v) is 1.09. The SMILES string of the molecule is CC(N)Cc1nc(CCOCC(F)F)no1. The van der Waals surface area contributed by atoms with Crippen LogP contribution in [0.5, 0.6) is 0 Å². The van der Waals surface area contributed by atoms with Crippen LogP contribution in [0.1, 0.15) is 18.6 Å². The van der Waals surface area contributed by atoms with E-state index in [1.165, 1.54) is 0 Å². The first-order chi connectivity index (χ1) is 7.58. The molecule has 1 rings (SSSR count). The highest BCUT2D eigenvalue weighted by atomic mass is 19.3. The molecule has 1 aromatic rings. The summed E-state index contributed by atoms with van der Waals surface area (Å²) in [6.07, 6.45) is -1.58. The molecule has 0 saturated heterocycles. The standard InChI is InChI=1S/C9H15F2N3O2/c1-6(12)4-9-13-8(14-16-9)2-3-15-5-7(10)11/h6-7H,2-5,12H2,1H3. The number of nitrogens with two attached hydrogens (primary N) is 1. The van der Waals surface area contributed by atoms with Gasteiger partial charge in [0.05, 0.1) is 6.61 Å². The van der Waals surface area contributed by atoms with Gasteiger partial charge in [0, 0.05) is 18.9 Å². The van der Waals surface area contributed by atoms with Crippen molar-refractivity contribution in [1.29, 1.82) is 0 Å². The van der Waals surface area contributed by atoms with Crippen LogP contribution < -0.4 is 5.73 Å².